The van der Waals surface area contributed by atoms with Crippen LogP contribution in [0, 0.1) is 23.1 Å². The van der Waals surface area contributed by atoms with Gasteiger partial charge in [0.2, 0.25) is 0 Å². The highest BCUT2D eigenvalue weighted by molar-refractivity contribution is 6.32. The van der Waals surface area contributed by atoms with Crippen LogP contribution in [0.3, 0.4) is 0 Å². The van der Waals surface area contributed by atoms with Gasteiger partial charge in [0, 0.05) is 31.4 Å². The van der Waals surface area contributed by atoms with Crippen LogP contribution >= 0.6 is 11.6 Å². The predicted octanol–water partition coefficient (Wildman–Crippen LogP) is 4.38. The molecule has 3 aliphatic rings. The highest BCUT2D eigenvalue weighted by Gasteiger charge is 2.38. The Morgan fingerprint density at radius 3 is 2.91 bits per heavy atom. The van der Waals surface area contributed by atoms with Gasteiger partial charge in [0.05, 0.1) is 29.1 Å². The van der Waals surface area contributed by atoms with Crippen LogP contribution in [-0.2, 0) is 0 Å². The van der Waals surface area contributed by atoms with Gasteiger partial charge in [-0.25, -0.2) is 9.37 Å². The first-order valence-corrected chi connectivity index (χ1v) is 11.6. The molecular weight excluding hydrogens is 443 g/mol. The minimum Gasteiger partial charge on any atom is -0.492 e. The lowest BCUT2D eigenvalue weighted by Crippen LogP contribution is -2.44. The van der Waals surface area contributed by atoms with Crippen LogP contribution in [0.25, 0.3) is 11.0 Å². The maximum Gasteiger partial charge on any atom is 0.168 e. The Morgan fingerprint density at radius 1 is 1.30 bits per heavy atom. The Bertz CT molecular complexity index is 1290. The third-order valence-electron chi connectivity index (χ3n) is 6.65. The molecule has 2 aliphatic heterocycles. The monoisotopic (exact) mass is 464 g/mol. The summed E-state index contributed by atoms with van der Waals surface area (Å²) in [5.41, 5.74) is 1.99. The molecule has 1 saturated carbocycles. The minimum atomic E-state index is -0.627. The number of nitriles is 1. The average Bonchev–Trinajstić information content (AvgIpc) is 3.42. The fraction of sp³-hybridized carbons (Fsp3) is 0.375. The van der Waals surface area contributed by atoms with Crippen LogP contribution < -0.4 is 20.3 Å². The van der Waals surface area contributed by atoms with E-state index in [1.165, 1.54) is 6.20 Å². The van der Waals surface area contributed by atoms with Gasteiger partial charge in [0.15, 0.2) is 5.82 Å². The van der Waals surface area contributed by atoms with E-state index >= 15 is 4.39 Å². The summed E-state index contributed by atoms with van der Waals surface area (Å²) >= 11 is 6.26. The number of nitrogens with zero attached hydrogens (tertiary/aromatic N) is 4. The largest absolute Gasteiger partial charge is 0.492 e. The summed E-state index contributed by atoms with van der Waals surface area (Å²) in [6, 6.07) is 10.1. The second kappa shape index (κ2) is 8.01. The summed E-state index contributed by atoms with van der Waals surface area (Å²) in [5, 5.41) is 16.2. The zero-order chi connectivity index (χ0) is 22.5. The smallest absolute Gasteiger partial charge is 0.168 e. The maximum atomic E-state index is 15.1. The van der Waals surface area contributed by atoms with Crippen LogP contribution in [-0.4, -0.2) is 41.7 Å². The van der Waals surface area contributed by atoms with Gasteiger partial charge >= 0.3 is 0 Å². The minimum absolute atomic E-state index is 0.0771. The second-order valence-corrected chi connectivity index (χ2v) is 9.34. The van der Waals surface area contributed by atoms with E-state index in [9.17, 15) is 5.26 Å². The lowest BCUT2D eigenvalue weighted by molar-refractivity contribution is 0.298. The lowest BCUT2D eigenvalue weighted by Gasteiger charge is -2.28. The van der Waals surface area contributed by atoms with Gasteiger partial charge in [-0.05, 0) is 49.4 Å². The molecule has 2 aromatic heterocycles. The normalized spacial score (nSPS) is 21.4. The molecular formula is C24H22ClFN6O. The number of nitrogens with one attached hydrogen (secondary N) is 2. The second-order valence-electron chi connectivity index (χ2n) is 8.96. The topological polar surface area (TPSA) is 86.1 Å². The Hall–Kier alpha value is -3.15. The molecule has 2 atom stereocenters. The molecule has 3 aromatic rings. The molecule has 3 fully saturated rings. The van der Waals surface area contributed by atoms with Gasteiger partial charge < -0.3 is 20.3 Å². The Morgan fingerprint density at radius 2 is 2.18 bits per heavy atom. The number of anilines is 3. The van der Waals surface area contributed by atoms with Crippen molar-refractivity contribution in [1.82, 2.24) is 15.3 Å². The van der Waals surface area contributed by atoms with E-state index in [4.69, 9.17) is 21.3 Å². The summed E-state index contributed by atoms with van der Waals surface area (Å²) < 4.78 is 20.8. The third kappa shape index (κ3) is 3.71. The Labute approximate surface area is 195 Å². The third-order valence-corrected chi connectivity index (χ3v) is 7.00. The SMILES string of the molecule is N#Cc1cnc2ccc(N3C[C@@H]4C[C@H]3CN4)nc2c1Nc1ccc(OCC2CC2)c(Cl)c1F. The van der Waals surface area contributed by atoms with Crippen LogP contribution in [0.1, 0.15) is 24.8 Å². The number of aromatic nitrogens is 2. The molecule has 4 heterocycles. The summed E-state index contributed by atoms with van der Waals surface area (Å²) in [6.07, 6.45) is 4.84. The standard InChI is InChI=1S/C24H22ClFN6O/c25-21-19(33-12-13-1-2-13)5-3-17(22(21)26)30-23-14(8-27)9-29-18-4-6-20(31-24(18)23)32-11-15-7-16(32)10-28-15/h3-6,9,13,15-16,28H,1-2,7,10-12H2,(H,29,30)/t15-,16-/m0/s1. The number of hydrogen-bond acceptors (Lipinski definition) is 7. The van der Waals surface area contributed by atoms with Crippen molar-refractivity contribution in [3.05, 3.63) is 46.9 Å². The predicted molar refractivity (Wildman–Crippen MR) is 125 cm³/mol. The van der Waals surface area contributed by atoms with Gasteiger partial charge in [0.1, 0.15) is 28.2 Å². The summed E-state index contributed by atoms with van der Waals surface area (Å²) in [4.78, 5) is 11.5. The van der Waals surface area contributed by atoms with Crippen molar-refractivity contribution in [2.75, 3.05) is 29.9 Å². The molecule has 1 aliphatic carbocycles. The molecule has 0 amide bonds. The molecule has 2 saturated heterocycles. The number of fused-ring (bicyclic) bond motifs is 3. The first-order chi connectivity index (χ1) is 16.1. The first kappa shape index (κ1) is 20.5. The number of halogens is 2. The lowest BCUT2D eigenvalue weighted by atomic mass is 10.1. The number of piperazine rings is 1. The van der Waals surface area contributed by atoms with Gasteiger partial charge in [-0.2, -0.15) is 5.26 Å². The van der Waals surface area contributed by atoms with Crippen molar-refractivity contribution in [3.63, 3.8) is 0 Å². The van der Waals surface area contributed by atoms with E-state index in [1.807, 2.05) is 12.1 Å². The van der Waals surface area contributed by atoms with E-state index in [-0.39, 0.29) is 16.3 Å². The van der Waals surface area contributed by atoms with Gasteiger partial charge in [-0.15, -0.1) is 0 Å². The van der Waals surface area contributed by atoms with Crippen molar-refractivity contribution in [3.8, 4) is 11.8 Å². The number of pyridine rings is 2. The van der Waals surface area contributed by atoms with E-state index in [0.29, 0.717) is 47.1 Å². The molecule has 7 nitrogen and oxygen atoms in total. The van der Waals surface area contributed by atoms with Crippen molar-refractivity contribution in [2.24, 2.45) is 5.92 Å². The van der Waals surface area contributed by atoms with Gasteiger partial charge in [-0.1, -0.05) is 11.6 Å². The molecule has 2 N–H and O–H groups in total. The van der Waals surface area contributed by atoms with E-state index in [1.54, 1.807) is 12.1 Å². The molecule has 168 valence electrons. The Balaban J connectivity index is 1.36. The molecule has 0 radical (unpaired) electrons. The van der Waals surface area contributed by atoms with Gasteiger partial charge in [-0.3, -0.25) is 4.98 Å². The first-order valence-electron chi connectivity index (χ1n) is 11.2. The molecule has 0 unspecified atom stereocenters. The van der Waals surface area contributed by atoms with E-state index in [2.05, 4.69) is 26.6 Å². The van der Waals surface area contributed by atoms with Crippen molar-refractivity contribution in [1.29, 1.82) is 5.26 Å². The van der Waals surface area contributed by atoms with Crippen molar-refractivity contribution >= 4 is 39.8 Å². The molecule has 0 spiro atoms. The van der Waals surface area contributed by atoms with Crippen LogP contribution in [0.4, 0.5) is 21.6 Å². The highest BCUT2D eigenvalue weighted by atomic mass is 35.5. The number of hydrogen-bond donors (Lipinski definition) is 2. The summed E-state index contributed by atoms with van der Waals surface area (Å²) in [6.45, 7) is 2.37. The fourth-order valence-corrected chi connectivity index (χ4v) is 4.85. The zero-order valence-corrected chi connectivity index (χ0v) is 18.6. The van der Waals surface area contributed by atoms with Gasteiger partial charge in [0.25, 0.3) is 0 Å². The van der Waals surface area contributed by atoms with E-state index < -0.39 is 5.82 Å². The maximum absolute atomic E-state index is 15.1. The molecule has 2 bridgehead atoms. The van der Waals surface area contributed by atoms with Crippen molar-refractivity contribution in [2.45, 2.75) is 31.3 Å². The molecule has 33 heavy (non-hydrogen) atoms. The molecule has 1 aromatic carbocycles. The summed E-state index contributed by atoms with van der Waals surface area (Å²) in [5.74, 6) is 1.06. The number of ether oxygens (including phenoxy) is 1. The molecule has 6 rings (SSSR count). The molecule has 9 heteroatoms. The average molecular weight is 465 g/mol. The van der Waals surface area contributed by atoms with Crippen LogP contribution in [0.15, 0.2) is 30.5 Å². The van der Waals surface area contributed by atoms with Crippen LogP contribution in [0.2, 0.25) is 5.02 Å². The van der Waals surface area contributed by atoms with Crippen molar-refractivity contribution < 1.29 is 9.13 Å². The zero-order valence-electron chi connectivity index (χ0n) is 17.8. The fourth-order valence-electron chi connectivity index (χ4n) is 4.64. The van der Waals surface area contributed by atoms with E-state index in [0.717, 1.165) is 38.2 Å². The Kier molecular flexibility index (Phi) is 4.97. The highest BCUT2D eigenvalue weighted by Crippen LogP contribution is 2.38. The summed E-state index contributed by atoms with van der Waals surface area (Å²) in [7, 11) is 0. The number of rotatable bonds is 6. The quantitative estimate of drug-likeness (QED) is 0.560. The van der Waals surface area contributed by atoms with Crippen LogP contribution in [0.5, 0.6) is 5.75 Å². The number of benzene rings is 1.